The van der Waals surface area contributed by atoms with Gasteiger partial charge in [0.1, 0.15) is 16.5 Å². The van der Waals surface area contributed by atoms with Gasteiger partial charge < -0.3 is 28.1 Å². The maximum Gasteiger partial charge on any atom is 0.312 e. The lowest BCUT2D eigenvalue weighted by atomic mass is 9.80. The Morgan fingerprint density at radius 2 is 0.673 bits per heavy atom. The molecule has 0 radical (unpaired) electrons. The fraction of sp³-hybridized carbons (Fsp3) is 0.286. The first kappa shape index (κ1) is 32.5. The average molecular weight is 713 g/mol. The van der Waals surface area contributed by atoms with E-state index in [-0.39, 0.29) is 0 Å². The molecule has 3 aliphatic heterocycles. The summed E-state index contributed by atoms with van der Waals surface area (Å²) in [5.41, 5.74) is -6.01. The third-order valence-electron chi connectivity index (χ3n) is 9.10. The zero-order valence-corrected chi connectivity index (χ0v) is 26.5. The molecule has 4 heterocycles. The second kappa shape index (κ2) is 11.7. The first-order valence-electron chi connectivity index (χ1n) is 16.0. The fourth-order valence-corrected chi connectivity index (χ4v) is 6.79. The molecule has 0 unspecified atom stereocenters. The number of hydrogen-bond donors (Lipinski definition) is 0. The minimum absolute atomic E-state index is 0.431. The topological polar surface area (TPSA) is 247 Å². The van der Waals surface area contributed by atoms with E-state index >= 15 is 0 Å². The van der Waals surface area contributed by atoms with Crippen LogP contribution in [0.3, 0.4) is 0 Å². The molecule has 17 nitrogen and oxygen atoms in total. The highest BCUT2D eigenvalue weighted by Crippen LogP contribution is 2.52. The summed E-state index contributed by atoms with van der Waals surface area (Å²) in [5, 5.41) is -0.769. The fourth-order valence-electron chi connectivity index (χ4n) is 6.79. The minimum atomic E-state index is -1.34. The van der Waals surface area contributed by atoms with E-state index in [1.165, 1.54) is 0 Å². The lowest BCUT2D eigenvalue weighted by Gasteiger charge is -2.25. The molecule has 0 saturated carbocycles. The van der Waals surface area contributed by atoms with Crippen LogP contribution in [0.1, 0.15) is 116 Å². The summed E-state index contributed by atoms with van der Waals surface area (Å²) >= 11 is 0. The zero-order chi connectivity index (χ0) is 36.7. The molecule has 3 aromatic rings. The van der Waals surface area contributed by atoms with Crippen LogP contribution in [-0.2, 0) is 24.0 Å². The van der Waals surface area contributed by atoms with Crippen molar-refractivity contribution in [3.8, 4) is 40.1 Å². The van der Waals surface area contributed by atoms with Gasteiger partial charge in [-0.2, -0.15) is 0 Å². The van der Waals surface area contributed by atoms with E-state index < -0.39 is 207 Å². The monoisotopic (exact) mass is 712 g/mol. The summed E-state index contributed by atoms with van der Waals surface area (Å²) in [6, 6.07) is 0. The van der Waals surface area contributed by atoms with Gasteiger partial charge in [0, 0.05) is 43.2 Å². The van der Waals surface area contributed by atoms with E-state index in [1.807, 2.05) is 0 Å². The van der Waals surface area contributed by atoms with E-state index in [0.29, 0.717) is 0 Å². The summed E-state index contributed by atoms with van der Waals surface area (Å²) in [6.45, 7) is 0. The van der Waals surface area contributed by atoms with Crippen LogP contribution in [0, 0.1) is 0 Å². The van der Waals surface area contributed by atoms with Crippen molar-refractivity contribution < 1.29 is 76.0 Å². The molecule has 0 saturated heterocycles. The number of Topliss-reactive ketones (excluding diaryl/α,β-unsaturated/α-hetero) is 5. The van der Waals surface area contributed by atoms with Gasteiger partial charge in [-0.1, -0.05) is 0 Å². The third-order valence-corrected chi connectivity index (χ3v) is 9.10. The molecule has 0 N–H and O–H groups in total. The van der Waals surface area contributed by atoms with Gasteiger partial charge in [-0.25, -0.2) is 0 Å². The summed E-state index contributed by atoms with van der Waals surface area (Å²) in [4.78, 5) is 149. The molecule has 262 valence electrons. The van der Waals surface area contributed by atoms with Crippen LogP contribution in [0.2, 0.25) is 0 Å². The number of fused-ring (bicyclic) bond motifs is 8. The van der Waals surface area contributed by atoms with Crippen LogP contribution < -0.4 is 29.1 Å². The van der Waals surface area contributed by atoms with Gasteiger partial charge >= 0.3 is 29.8 Å². The number of esters is 5. The predicted octanol–water partition coefficient (Wildman–Crippen LogP) is 2.87. The summed E-state index contributed by atoms with van der Waals surface area (Å²) in [5.74, 6) is -15.2. The maximum absolute atomic E-state index is 14.7. The number of hydrogen-bond acceptors (Lipinski definition) is 17. The van der Waals surface area contributed by atoms with Crippen molar-refractivity contribution in [1.29, 1.82) is 0 Å². The van der Waals surface area contributed by atoms with E-state index in [2.05, 4.69) is 0 Å². The first-order valence-corrected chi connectivity index (χ1v) is 16.0. The zero-order valence-electron chi connectivity index (χ0n) is 26.5. The van der Waals surface area contributed by atoms with Gasteiger partial charge in [-0.15, -0.1) is 0 Å². The van der Waals surface area contributed by atoms with Gasteiger partial charge in [0.25, 0.3) is 0 Å². The molecule has 0 amide bonds. The molecule has 5 aliphatic rings. The smallest absolute Gasteiger partial charge is 0.312 e. The maximum atomic E-state index is 14.7. The van der Waals surface area contributed by atoms with Crippen molar-refractivity contribution in [1.82, 2.24) is 0 Å². The molecule has 52 heavy (non-hydrogen) atoms. The number of ketones is 5. The first-order chi connectivity index (χ1) is 24.8. The Balaban J connectivity index is 1.66. The lowest BCUT2D eigenvalue weighted by molar-refractivity contribution is -0.141. The Morgan fingerprint density at radius 3 is 1.21 bits per heavy atom. The van der Waals surface area contributed by atoms with E-state index in [9.17, 15) is 52.7 Å². The van der Waals surface area contributed by atoms with Gasteiger partial charge in [-0.05, 0) is 0 Å². The van der Waals surface area contributed by atoms with Crippen LogP contribution in [0.5, 0.6) is 28.7 Å². The number of carbonyl (C=O) groups excluding carboxylic acids is 10. The predicted molar refractivity (Wildman–Crippen MR) is 164 cm³/mol. The van der Waals surface area contributed by atoms with Crippen LogP contribution in [0.25, 0.3) is 22.3 Å². The molecule has 2 aliphatic carbocycles. The molecule has 1 aromatic heterocycles. The van der Waals surface area contributed by atoms with Gasteiger partial charge in [0.05, 0.1) is 43.2 Å². The Labute approximate surface area is 288 Å². The lowest BCUT2D eigenvalue weighted by Crippen LogP contribution is -2.25. The molecular formula is C35H20O17. The molecule has 0 fully saturated rings. The highest BCUT2D eigenvalue weighted by molar-refractivity contribution is 6.24. The standard InChI is InChI=1S/C35H20O17/c36-11-1-2-12(37)22-21(11)26-23-13(38)5-6-16(41)49-33(23)32(22)50-19(44)9-7-17(42)47-29-24-14(39)3-4-15(40)25(29)31-27-28(46)35(34(26)52-31)51-20(45)10-8-18(43)48-30(24)27/h1-10H2. The molecule has 0 atom stereocenters. The number of rotatable bonds is 0. The average Bonchev–Trinajstić information content (AvgIpc) is 3.30. The van der Waals surface area contributed by atoms with Gasteiger partial charge in [-0.3, -0.25) is 52.7 Å². The quantitative estimate of drug-likeness (QED) is 0.240. The van der Waals surface area contributed by atoms with E-state index in [1.54, 1.807) is 0 Å². The van der Waals surface area contributed by atoms with E-state index in [0.717, 1.165) is 0 Å². The SMILES string of the molecule is O=C1CCC(=O)Oc2c3c4c5c(=O)c(c(oc5c2C(=O)CCC3=O)-c2c3c(c(c5c2C(=O)CCC5=O)O1)OC(=O)CCC3=O)OC(=O)CCC(=O)O4. The van der Waals surface area contributed by atoms with Gasteiger partial charge in [0.2, 0.25) is 11.2 Å². The summed E-state index contributed by atoms with van der Waals surface area (Å²) in [6.07, 6.45) is -5.92. The second-order valence-electron chi connectivity index (χ2n) is 12.3. The van der Waals surface area contributed by atoms with Crippen molar-refractivity contribution in [3.05, 3.63) is 38.0 Å². The Kier molecular flexibility index (Phi) is 7.33. The third kappa shape index (κ3) is 4.87. The Morgan fingerprint density at radius 1 is 0.308 bits per heavy atom. The van der Waals surface area contributed by atoms with Crippen molar-refractivity contribution >= 4 is 69.7 Å². The number of ether oxygens (including phenoxy) is 5. The van der Waals surface area contributed by atoms with Crippen LogP contribution in [-0.4, -0.2) is 58.8 Å². The van der Waals surface area contributed by atoms with Crippen molar-refractivity contribution in [2.45, 2.75) is 64.2 Å². The van der Waals surface area contributed by atoms with Crippen molar-refractivity contribution in [3.63, 3.8) is 0 Å². The van der Waals surface area contributed by atoms with Crippen LogP contribution in [0.4, 0.5) is 0 Å². The summed E-state index contributed by atoms with van der Waals surface area (Å²) in [7, 11) is 0. The number of carbonyl (C=O) groups is 10. The van der Waals surface area contributed by atoms with Crippen LogP contribution in [0.15, 0.2) is 9.21 Å². The van der Waals surface area contributed by atoms with Crippen molar-refractivity contribution in [2.24, 2.45) is 0 Å². The van der Waals surface area contributed by atoms with Crippen LogP contribution >= 0.6 is 0 Å². The highest BCUT2D eigenvalue weighted by Gasteiger charge is 2.45. The Hall–Kier alpha value is -6.65. The van der Waals surface area contributed by atoms with Crippen molar-refractivity contribution in [2.75, 3.05) is 0 Å². The second-order valence-corrected chi connectivity index (χ2v) is 12.3. The Bertz CT molecular complexity index is 2440. The minimum Gasteiger partial charge on any atom is -0.451 e. The molecule has 9 bridgehead atoms. The summed E-state index contributed by atoms with van der Waals surface area (Å²) < 4.78 is 33.6. The largest absolute Gasteiger partial charge is 0.451 e. The van der Waals surface area contributed by atoms with Gasteiger partial charge in [0.15, 0.2) is 63.3 Å². The molecular weight excluding hydrogens is 692 g/mol. The van der Waals surface area contributed by atoms with E-state index in [4.69, 9.17) is 28.1 Å². The molecule has 17 heteroatoms. The molecule has 2 aromatic carbocycles. The highest BCUT2D eigenvalue weighted by atomic mass is 16.6. The molecule has 8 rings (SSSR count). The normalized spacial score (nSPS) is 18.8. The molecule has 0 spiro atoms. The number of benzene rings is 2.